The first kappa shape index (κ1) is 11.7. The van der Waals surface area contributed by atoms with Crippen LogP contribution in [0.25, 0.3) is 11.0 Å². The molecule has 0 radical (unpaired) electrons. The Labute approximate surface area is 109 Å². The van der Waals surface area contributed by atoms with Crippen LogP contribution in [0.1, 0.15) is 5.82 Å². The van der Waals surface area contributed by atoms with Crippen LogP contribution >= 0.6 is 11.6 Å². The van der Waals surface area contributed by atoms with Crippen LogP contribution in [0.15, 0.2) is 18.2 Å². The monoisotopic (exact) mass is 269 g/mol. The normalized spacial score (nSPS) is 16.4. The highest BCUT2D eigenvalue weighted by Gasteiger charge is 2.18. The van der Waals surface area contributed by atoms with Crippen LogP contribution in [-0.4, -0.2) is 36.0 Å². The molecule has 1 aliphatic rings. The van der Waals surface area contributed by atoms with Crippen LogP contribution in [0, 0.1) is 5.82 Å². The van der Waals surface area contributed by atoms with Crippen molar-refractivity contribution >= 4 is 22.6 Å². The molecule has 18 heavy (non-hydrogen) atoms. The van der Waals surface area contributed by atoms with Crippen LogP contribution < -0.4 is 5.01 Å². The molecule has 0 saturated carbocycles. The van der Waals surface area contributed by atoms with E-state index >= 15 is 0 Å². The van der Waals surface area contributed by atoms with Crippen LogP contribution in [0.3, 0.4) is 0 Å². The second-order valence-electron chi connectivity index (χ2n) is 4.17. The first-order valence-corrected chi connectivity index (χ1v) is 6.39. The largest absolute Gasteiger partial charge is 0.378 e. The Hall–Kier alpha value is -1.33. The highest BCUT2D eigenvalue weighted by Crippen LogP contribution is 2.19. The van der Waals surface area contributed by atoms with Gasteiger partial charge in [-0.15, -0.1) is 11.6 Å². The van der Waals surface area contributed by atoms with Gasteiger partial charge in [0.1, 0.15) is 11.6 Å². The van der Waals surface area contributed by atoms with Gasteiger partial charge >= 0.3 is 0 Å². The Morgan fingerprint density at radius 1 is 1.33 bits per heavy atom. The minimum absolute atomic E-state index is 0.266. The number of halogens is 2. The summed E-state index contributed by atoms with van der Waals surface area (Å²) in [5, 5.41) is 2.09. The summed E-state index contributed by atoms with van der Waals surface area (Å²) in [5.41, 5.74) is 1.52. The van der Waals surface area contributed by atoms with Crippen molar-refractivity contribution in [3.63, 3.8) is 0 Å². The molecule has 1 aliphatic heterocycles. The molecule has 6 heteroatoms. The number of imidazole rings is 1. The SMILES string of the molecule is Fc1ccc2nc(CCl)n(N3CCOCC3)c2c1. The Morgan fingerprint density at radius 2 is 2.11 bits per heavy atom. The molecule has 2 aromatic rings. The number of morpholine rings is 1. The fourth-order valence-corrected chi connectivity index (χ4v) is 2.41. The zero-order valence-electron chi connectivity index (χ0n) is 9.77. The predicted molar refractivity (Wildman–Crippen MR) is 68.0 cm³/mol. The molecule has 0 amide bonds. The third kappa shape index (κ3) is 1.93. The van der Waals surface area contributed by atoms with Gasteiger partial charge in [0.05, 0.1) is 43.2 Å². The van der Waals surface area contributed by atoms with Crippen molar-refractivity contribution in [2.75, 3.05) is 31.3 Å². The Bertz CT molecular complexity index is 566. The summed E-state index contributed by atoms with van der Waals surface area (Å²) in [6, 6.07) is 4.59. The summed E-state index contributed by atoms with van der Waals surface area (Å²) >= 11 is 5.93. The topological polar surface area (TPSA) is 30.3 Å². The first-order valence-electron chi connectivity index (χ1n) is 5.85. The number of benzene rings is 1. The number of hydrogen-bond acceptors (Lipinski definition) is 3. The summed E-state index contributed by atoms with van der Waals surface area (Å²) in [7, 11) is 0. The molecule has 3 rings (SSSR count). The van der Waals surface area contributed by atoms with Crippen LogP contribution in [0.4, 0.5) is 4.39 Å². The maximum absolute atomic E-state index is 13.4. The second-order valence-corrected chi connectivity index (χ2v) is 4.44. The summed E-state index contributed by atoms with van der Waals surface area (Å²) < 4.78 is 20.6. The maximum atomic E-state index is 13.4. The molecular formula is C12H13ClFN3O. The average molecular weight is 270 g/mol. The Balaban J connectivity index is 2.14. The van der Waals surface area contributed by atoms with Gasteiger partial charge in [-0.2, -0.15) is 0 Å². The first-order chi connectivity index (χ1) is 8.79. The number of aromatic nitrogens is 2. The lowest BCUT2D eigenvalue weighted by molar-refractivity contribution is 0.111. The third-order valence-electron chi connectivity index (χ3n) is 3.05. The fourth-order valence-electron chi connectivity index (χ4n) is 2.24. The molecule has 0 N–H and O–H groups in total. The van der Waals surface area contributed by atoms with Crippen LogP contribution in [0.5, 0.6) is 0 Å². The lowest BCUT2D eigenvalue weighted by atomic mass is 10.3. The van der Waals surface area contributed by atoms with Crippen molar-refractivity contribution in [3.05, 3.63) is 29.8 Å². The van der Waals surface area contributed by atoms with E-state index in [1.54, 1.807) is 6.07 Å². The highest BCUT2D eigenvalue weighted by molar-refractivity contribution is 6.16. The van der Waals surface area contributed by atoms with E-state index < -0.39 is 0 Å². The fraction of sp³-hybridized carbons (Fsp3) is 0.417. The van der Waals surface area contributed by atoms with Gasteiger partial charge in [-0.3, -0.25) is 0 Å². The molecule has 0 unspecified atom stereocenters. The van der Waals surface area contributed by atoms with Gasteiger partial charge in [-0.1, -0.05) is 0 Å². The van der Waals surface area contributed by atoms with Gasteiger partial charge in [0.25, 0.3) is 0 Å². The molecule has 1 aromatic heterocycles. The average Bonchev–Trinajstić information content (AvgIpc) is 2.77. The molecule has 0 atom stereocenters. The van der Waals surface area contributed by atoms with E-state index in [-0.39, 0.29) is 5.82 Å². The van der Waals surface area contributed by atoms with Crippen LogP contribution in [0.2, 0.25) is 0 Å². The molecule has 0 spiro atoms. The van der Waals surface area contributed by atoms with Gasteiger partial charge in [0.2, 0.25) is 0 Å². The minimum Gasteiger partial charge on any atom is -0.378 e. The van der Waals surface area contributed by atoms with Crippen molar-refractivity contribution in [2.24, 2.45) is 0 Å². The molecule has 2 heterocycles. The lowest BCUT2D eigenvalue weighted by Crippen LogP contribution is -2.44. The molecule has 1 saturated heterocycles. The number of rotatable bonds is 2. The summed E-state index contributed by atoms with van der Waals surface area (Å²) in [5.74, 6) is 0.769. The third-order valence-corrected chi connectivity index (χ3v) is 3.29. The number of alkyl halides is 1. The van der Waals surface area contributed by atoms with Gasteiger partial charge in [-0.05, 0) is 12.1 Å². The van der Waals surface area contributed by atoms with Crippen molar-refractivity contribution in [1.29, 1.82) is 0 Å². The Morgan fingerprint density at radius 3 is 2.83 bits per heavy atom. The Kier molecular flexibility index (Phi) is 3.09. The number of hydrogen-bond donors (Lipinski definition) is 0. The van der Waals surface area contributed by atoms with E-state index in [1.165, 1.54) is 12.1 Å². The summed E-state index contributed by atoms with van der Waals surface area (Å²) in [6.07, 6.45) is 0. The lowest BCUT2D eigenvalue weighted by Gasteiger charge is -2.31. The van der Waals surface area contributed by atoms with E-state index in [0.717, 1.165) is 29.9 Å². The van der Waals surface area contributed by atoms with Gasteiger partial charge in [0.15, 0.2) is 0 Å². The van der Waals surface area contributed by atoms with Gasteiger partial charge in [0, 0.05) is 6.07 Å². The number of fused-ring (bicyclic) bond motifs is 1. The standard InChI is InChI=1S/C12H13ClFN3O/c13-8-12-15-10-2-1-9(14)7-11(10)17(12)16-3-5-18-6-4-16/h1-2,7H,3-6,8H2. The molecule has 0 bridgehead atoms. The van der Waals surface area contributed by atoms with Crippen molar-refractivity contribution < 1.29 is 9.13 Å². The molecule has 4 nitrogen and oxygen atoms in total. The van der Waals surface area contributed by atoms with E-state index in [1.807, 2.05) is 4.68 Å². The maximum Gasteiger partial charge on any atom is 0.143 e. The predicted octanol–water partition coefficient (Wildman–Crippen LogP) is 1.88. The zero-order valence-corrected chi connectivity index (χ0v) is 10.5. The number of nitrogens with zero attached hydrogens (tertiary/aromatic N) is 3. The van der Waals surface area contributed by atoms with Crippen molar-refractivity contribution in [2.45, 2.75) is 5.88 Å². The van der Waals surface area contributed by atoms with E-state index in [0.29, 0.717) is 19.1 Å². The van der Waals surface area contributed by atoms with Gasteiger partial charge in [-0.25, -0.2) is 14.1 Å². The molecule has 96 valence electrons. The van der Waals surface area contributed by atoms with Gasteiger partial charge < -0.3 is 9.75 Å². The van der Waals surface area contributed by atoms with Crippen LogP contribution in [-0.2, 0) is 10.6 Å². The molecule has 0 aliphatic carbocycles. The number of ether oxygens (including phenoxy) is 1. The molecule has 1 fully saturated rings. The van der Waals surface area contributed by atoms with E-state index in [4.69, 9.17) is 16.3 Å². The van der Waals surface area contributed by atoms with E-state index in [9.17, 15) is 4.39 Å². The highest BCUT2D eigenvalue weighted by atomic mass is 35.5. The second kappa shape index (κ2) is 4.74. The minimum atomic E-state index is -0.266. The quantitative estimate of drug-likeness (QED) is 0.780. The zero-order chi connectivity index (χ0) is 12.5. The smallest absolute Gasteiger partial charge is 0.143 e. The molecule has 1 aromatic carbocycles. The summed E-state index contributed by atoms with van der Waals surface area (Å²) in [4.78, 5) is 4.43. The summed E-state index contributed by atoms with van der Waals surface area (Å²) in [6.45, 7) is 2.84. The van der Waals surface area contributed by atoms with E-state index in [2.05, 4.69) is 9.99 Å². The molecular weight excluding hydrogens is 257 g/mol. The van der Waals surface area contributed by atoms with Crippen molar-refractivity contribution in [1.82, 2.24) is 9.66 Å². The van der Waals surface area contributed by atoms with Crippen molar-refractivity contribution in [3.8, 4) is 0 Å².